The fraction of sp³-hybridized carbons (Fsp3) is 0.250. The Morgan fingerprint density at radius 1 is 1.16 bits per heavy atom. The number of imidazole rings is 1. The maximum Gasteiger partial charge on any atom is 0.321 e. The van der Waals surface area contributed by atoms with E-state index in [0.29, 0.717) is 19.7 Å². The van der Waals surface area contributed by atoms with Gasteiger partial charge in [-0.2, -0.15) is 0 Å². The third kappa shape index (κ3) is 5.13. The summed E-state index contributed by atoms with van der Waals surface area (Å²) >= 11 is 1.62. The van der Waals surface area contributed by atoms with E-state index in [0.717, 1.165) is 39.6 Å². The molecule has 0 unspecified atom stereocenters. The second-order valence-electron chi connectivity index (χ2n) is 7.40. The van der Waals surface area contributed by atoms with Gasteiger partial charge in [0.2, 0.25) is 0 Å². The van der Waals surface area contributed by atoms with Crippen molar-refractivity contribution in [2.75, 3.05) is 32.1 Å². The number of nitrogens with zero attached hydrogens (tertiary/aromatic N) is 3. The van der Waals surface area contributed by atoms with Crippen LogP contribution >= 0.6 is 11.3 Å². The number of hydrogen-bond acceptors (Lipinski definition) is 4. The smallest absolute Gasteiger partial charge is 0.321 e. The van der Waals surface area contributed by atoms with Crippen LogP contribution in [0.3, 0.4) is 0 Å². The normalized spacial score (nSPS) is 11.0. The summed E-state index contributed by atoms with van der Waals surface area (Å²) in [6, 6.07) is 17.9. The first-order valence-corrected chi connectivity index (χ1v) is 11.1. The monoisotopic (exact) mass is 434 g/mol. The predicted octanol–water partition coefficient (Wildman–Crippen LogP) is 5.09. The molecule has 160 valence electrons. The average Bonchev–Trinajstić information content (AvgIpc) is 3.36. The largest absolute Gasteiger partial charge is 0.383 e. The minimum Gasteiger partial charge on any atom is -0.383 e. The summed E-state index contributed by atoms with van der Waals surface area (Å²) in [6.07, 6.45) is 2.80. The van der Waals surface area contributed by atoms with Crippen LogP contribution in [-0.4, -0.2) is 47.1 Å². The summed E-state index contributed by atoms with van der Waals surface area (Å²) in [5.74, 6) is 0. The van der Waals surface area contributed by atoms with E-state index < -0.39 is 0 Å². The van der Waals surface area contributed by atoms with Gasteiger partial charge in [0.1, 0.15) is 0 Å². The molecule has 0 aliphatic carbocycles. The van der Waals surface area contributed by atoms with Crippen molar-refractivity contribution in [3.8, 4) is 11.3 Å². The van der Waals surface area contributed by atoms with Gasteiger partial charge in [-0.05, 0) is 24.6 Å². The van der Waals surface area contributed by atoms with Gasteiger partial charge in [0, 0.05) is 55.1 Å². The Labute approximate surface area is 186 Å². The average molecular weight is 435 g/mol. The molecule has 6 nitrogen and oxygen atoms in total. The van der Waals surface area contributed by atoms with Gasteiger partial charge in [-0.1, -0.05) is 42.5 Å². The molecule has 0 saturated heterocycles. The first kappa shape index (κ1) is 21.1. The Hall–Kier alpha value is -3.16. The lowest BCUT2D eigenvalue weighted by atomic mass is 10.2. The highest BCUT2D eigenvalue weighted by Gasteiger charge is 2.16. The van der Waals surface area contributed by atoms with E-state index in [4.69, 9.17) is 9.72 Å². The van der Waals surface area contributed by atoms with Crippen molar-refractivity contribution in [1.29, 1.82) is 0 Å². The predicted molar refractivity (Wildman–Crippen MR) is 126 cm³/mol. The lowest BCUT2D eigenvalue weighted by Crippen LogP contribution is -2.38. The Morgan fingerprint density at radius 2 is 2.00 bits per heavy atom. The number of carbonyl (C=O) groups excluding carboxylic acids is 1. The van der Waals surface area contributed by atoms with Crippen molar-refractivity contribution in [2.24, 2.45) is 0 Å². The van der Waals surface area contributed by atoms with Crippen molar-refractivity contribution < 1.29 is 9.53 Å². The highest BCUT2D eigenvalue weighted by molar-refractivity contribution is 7.15. The maximum atomic E-state index is 12.9. The quantitative estimate of drug-likeness (QED) is 0.420. The van der Waals surface area contributed by atoms with E-state index in [-0.39, 0.29) is 6.03 Å². The van der Waals surface area contributed by atoms with Crippen molar-refractivity contribution in [2.45, 2.75) is 13.3 Å². The molecule has 0 spiro atoms. The Balaban J connectivity index is 1.47. The number of ether oxygens (including phenoxy) is 1. The second kappa shape index (κ2) is 9.76. The molecule has 0 bridgehead atoms. The number of aryl methyl sites for hydroxylation is 1. The van der Waals surface area contributed by atoms with E-state index in [9.17, 15) is 4.79 Å². The number of methoxy groups -OCH3 is 1. The van der Waals surface area contributed by atoms with Gasteiger partial charge in [-0.15, -0.1) is 11.3 Å². The van der Waals surface area contributed by atoms with E-state index in [1.54, 1.807) is 23.3 Å². The fourth-order valence-corrected chi connectivity index (χ4v) is 4.36. The van der Waals surface area contributed by atoms with E-state index in [1.807, 2.05) is 49.4 Å². The van der Waals surface area contributed by atoms with E-state index in [2.05, 4.69) is 33.4 Å². The summed E-state index contributed by atoms with van der Waals surface area (Å²) in [4.78, 5) is 20.4. The van der Waals surface area contributed by atoms with Gasteiger partial charge < -0.3 is 15.0 Å². The number of rotatable bonds is 8. The molecular weight excluding hydrogens is 408 g/mol. The number of aromatic nitrogens is 2. The van der Waals surface area contributed by atoms with Gasteiger partial charge in [-0.3, -0.25) is 4.40 Å². The van der Waals surface area contributed by atoms with Crippen LogP contribution in [0.15, 0.2) is 66.2 Å². The van der Waals surface area contributed by atoms with Gasteiger partial charge in [0.25, 0.3) is 0 Å². The molecule has 4 aromatic rings. The van der Waals surface area contributed by atoms with Crippen LogP contribution in [0, 0.1) is 6.92 Å². The number of hydrogen-bond donors (Lipinski definition) is 1. The Bertz CT molecular complexity index is 1150. The molecule has 0 fully saturated rings. The molecule has 1 N–H and O–H groups in total. The van der Waals surface area contributed by atoms with Crippen LogP contribution in [-0.2, 0) is 11.2 Å². The summed E-state index contributed by atoms with van der Waals surface area (Å²) in [6.45, 7) is 3.62. The zero-order valence-electron chi connectivity index (χ0n) is 17.7. The van der Waals surface area contributed by atoms with Crippen molar-refractivity contribution >= 4 is 28.0 Å². The number of fused-ring (bicyclic) bond motifs is 1. The maximum absolute atomic E-state index is 12.9. The number of nitrogens with one attached hydrogen (secondary N) is 1. The number of amides is 2. The standard InChI is InChI=1S/C24H26N4O2S/c1-18-7-6-10-20(15-18)25-23(29)27(13-14-30-2)12-11-21-17-31-24-26-22(16-28(21)24)19-8-4-3-5-9-19/h3-10,15-17H,11-14H2,1-2H3,(H,25,29). The molecule has 31 heavy (non-hydrogen) atoms. The second-order valence-corrected chi connectivity index (χ2v) is 8.24. The highest BCUT2D eigenvalue weighted by Crippen LogP contribution is 2.24. The van der Waals surface area contributed by atoms with Gasteiger partial charge in [0.05, 0.1) is 12.3 Å². The molecule has 7 heteroatoms. The first-order valence-electron chi connectivity index (χ1n) is 10.3. The van der Waals surface area contributed by atoms with Crippen molar-refractivity contribution in [3.05, 3.63) is 77.4 Å². The molecule has 0 radical (unpaired) electrons. The minimum atomic E-state index is -0.121. The van der Waals surface area contributed by atoms with Gasteiger partial charge >= 0.3 is 6.03 Å². The molecule has 2 heterocycles. The number of benzene rings is 2. The van der Waals surface area contributed by atoms with Crippen LogP contribution in [0.4, 0.5) is 10.5 Å². The number of urea groups is 1. The van der Waals surface area contributed by atoms with Crippen LogP contribution in [0.2, 0.25) is 0 Å². The number of thiazole rings is 1. The molecule has 0 saturated carbocycles. The number of carbonyl (C=O) groups is 1. The molecular formula is C24H26N4O2S. The summed E-state index contributed by atoms with van der Waals surface area (Å²) in [7, 11) is 1.65. The summed E-state index contributed by atoms with van der Waals surface area (Å²) in [5, 5.41) is 5.11. The van der Waals surface area contributed by atoms with Crippen LogP contribution in [0.1, 0.15) is 11.3 Å². The first-order chi connectivity index (χ1) is 15.1. The Morgan fingerprint density at radius 3 is 2.77 bits per heavy atom. The van der Waals surface area contributed by atoms with Crippen molar-refractivity contribution in [1.82, 2.24) is 14.3 Å². The van der Waals surface area contributed by atoms with E-state index >= 15 is 0 Å². The Kier molecular flexibility index (Phi) is 6.64. The van der Waals surface area contributed by atoms with Gasteiger partial charge in [0.15, 0.2) is 4.96 Å². The van der Waals surface area contributed by atoms with Crippen LogP contribution in [0.25, 0.3) is 16.2 Å². The lowest BCUT2D eigenvalue weighted by Gasteiger charge is -2.23. The van der Waals surface area contributed by atoms with E-state index in [1.165, 1.54) is 0 Å². The SMILES string of the molecule is COCCN(CCc1csc2nc(-c3ccccc3)cn12)C(=O)Nc1cccc(C)c1. The fourth-order valence-electron chi connectivity index (χ4n) is 3.45. The highest BCUT2D eigenvalue weighted by atomic mass is 32.1. The molecule has 0 atom stereocenters. The minimum absolute atomic E-state index is 0.121. The molecule has 2 aromatic heterocycles. The summed E-state index contributed by atoms with van der Waals surface area (Å²) < 4.78 is 7.34. The molecule has 4 rings (SSSR count). The molecule has 0 aliphatic heterocycles. The van der Waals surface area contributed by atoms with Crippen LogP contribution < -0.4 is 5.32 Å². The third-order valence-corrected chi connectivity index (χ3v) is 6.00. The zero-order chi connectivity index (χ0) is 21.6. The molecule has 2 aromatic carbocycles. The zero-order valence-corrected chi connectivity index (χ0v) is 18.6. The van der Waals surface area contributed by atoms with Crippen LogP contribution in [0.5, 0.6) is 0 Å². The topological polar surface area (TPSA) is 58.9 Å². The molecule has 0 aliphatic rings. The van der Waals surface area contributed by atoms with Crippen molar-refractivity contribution in [3.63, 3.8) is 0 Å². The molecule has 2 amide bonds. The number of anilines is 1. The van der Waals surface area contributed by atoms with Gasteiger partial charge in [-0.25, -0.2) is 9.78 Å². The summed E-state index contributed by atoms with van der Waals surface area (Å²) in [5.41, 5.74) is 5.11. The lowest BCUT2D eigenvalue weighted by molar-refractivity contribution is 0.155. The third-order valence-electron chi connectivity index (χ3n) is 5.11.